The van der Waals surface area contributed by atoms with Gasteiger partial charge in [-0.25, -0.2) is 0 Å². The van der Waals surface area contributed by atoms with E-state index in [1.165, 1.54) is 29.8 Å². The monoisotopic (exact) mass is 686 g/mol. The Morgan fingerprint density at radius 1 is 0.688 bits per heavy atom. The molecule has 2 fully saturated rings. The fraction of sp³-hybridized carbons (Fsp3) is 0.294. The molecule has 0 spiro atoms. The average molecular weight is 687 g/mol. The summed E-state index contributed by atoms with van der Waals surface area (Å²) in [6.45, 7) is 4.45. The standard InChI is InChI=1S/C18H18N2O4S.C16H12N2O4S/c1-22-15-12-9-14(18(21)20-5-7-24-8-6-20)25-17(12)16(23-2)11-3-4-19-10-13(11)15;19-13-10-7-12(16(21)18-3-5-22-6-4-18)23-15(10)14(20)9-1-2-17-8-11(9)13/h3-4,9-10H,5-8H2,1-2H3;1-2,7-8H,3-6H2. The zero-order valence-electron chi connectivity index (χ0n) is 26.1. The molecule has 2 amide bonds. The highest BCUT2D eigenvalue weighted by Gasteiger charge is 2.34. The topological polar surface area (TPSA) is 137 Å². The third kappa shape index (κ3) is 5.60. The maximum absolute atomic E-state index is 12.8. The Balaban J connectivity index is 0.000000152. The number of rotatable bonds is 4. The SMILES string of the molecule is COc1c2cnccc2c(OC)c2sc(C(=O)N3CCOCC3)cc12.O=C1c2cnccc2C(=O)c2sc(C(=O)N3CCOCC3)cc21. The summed E-state index contributed by atoms with van der Waals surface area (Å²) >= 11 is 2.53. The number of carbonyl (C=O) groups excluding carboxylic acids is 4. The fourth-order valence-electron chi connectivity index (χ4n) is 6.02. The number of methoxy groups -OCH3 is 2. The van der Waals surface area contributed by atoms with E-state index in [1.807, 2.05) is 17.0 Å². The highest BCUT2D eigenvalue weighted by molar-refractivity contribution is 7.21. The van der Waals surface area contributed by atoms with Crippen molar-refractivity contribution in [1.82, 2.24) is 19.8 Å². The minimum atomic E-state index is -0.250. The molecule has 48 heavy (non-hydrogen) atoms. The van der Waals surface area contributed by atoms with Crippen LogP contribution in [0.25, 0.3) is 20.9 Å². The number of pyridine rings is 2. The second-order valence-electron chi connectivity index (χ2n) is 11.1. The molecule has 3 aliphatic rings. The number of hydrogen-bond donors (Lipinski definition) is 0. The predicted octanol–water partition coefficient (Wildman–Crippen LogP) is 4.33. The molecule has 0 bridgehead atoms. The molecule has 0 N–H and O–H groups in total. The van der Waals surface area contributed by atoms with Crippen LogP contribution in [0.2, 0.25) is 0 Å². The van der Waals surface area contributed by atoms with E-state index in [0.29, 0.717) is 83.9 Å². The van der Waals surface area contributed by atoms with E-state index in [9.17, 15) is 19.2 Å². The Morgan fingerprint density at radius 3 is 1.94 bits per heavy atom. The molecule has 0 radical (unpaired) electrons. The second kappa shape index (κ2) is 13.4. The summed E-state index contributed by atoms with van der Waals surface area (Å²) in [5, 5.41) is 2.67. The van der Waals surface area contributed by atoms with Gasteiger partial charge in [-0.3, -0.25) is 29.1 Å². The molecular weight excluding hydrogens is 657 g/mol. The molecular formula is C34H30N4O8S2. The molecule has 5 aromatic rings. The first-order valence-electron chi connectivity index (χ1n) is 15.2. The van der Waals surface area contributed by atoms with Crippen molar-refractivity contribution < 1.29 is 38.1 Å². The van der Waals surface area contributed by atoms with Crippen LogP contribution in [-0.4, -0.2) is 110 Å². The molecule has 0 unspecified atom stereocenters. The molecule has 0 saturated carbocycles. The minimum absolute atomic E-state index is 0.0239. The zero-order valence-corrected chi connectivity index (χ0v) is 27.8. The van der Waals surface area contributed by atoms with Crippen LogP contribution in [0.15, 0.2) is 49.1 Å². The Bertz CT molecular complexity index is 1970. The lowest BCUT2D eigenvalue weighted by molar-refractivity contribution is 0.0304. The van der Waals surface area contributed by atoms with Gasteiger partial charge >= 0.3 is 0 Å². The molecule has 0 atom stereocenters. The molecule has 1 aliphatic carbocycles. The maximum Gasteiger partial charge on any atom is 0.264 e. The van der Waals surface area contributed by atoms with Gasteiger partial charge in [0.2, 0.25) is 5.78 Å². The van der Waals surface area contributed by atoms with Crippen LogP contribution >= 0.6 is 22.7 Å². The first kappa shape index (κ1) is 31.8. The van der Waals surface area contributed by atoms with Crippen molar-refractivity contribution in [1.29, 1.82) is 0 Å². The van der Waals surface area contributed by atoms with E-state index in [1.54, 1.807) is 37.6 Å². The van der Waals surface area contributed by atoms with Gasteiger partial charge in [0.05, 0.1) is 65.5 Å². The van der Waals surface area contributed by atoms with E-state index < -0.39 is 0 Å². The lowest BCUT2D eigenvalue weighted by Crippen LogP contribution is -2.40. The van der Waals surface area contributed by atoms with Crippen LogP contribution in [0.3, 0.4) is 0 Å². The van der Waals surface area contributed by atoms with Crippen LogP contribution < -0.4 is 9.47 Å². The highest BCUT2D eigenvalue weighted by Crippen LogP contribution is 2.46. The molecule has 8 rings (SSSR count). The van der Waals surface area contributed by atoms with Crippen LogP contribution in [0.1, 0.15) is 50.5 Å². The summed E-state index contributed by atoms with van der Waals surface area (Å²) in [6, 6.07) is 6.88. The summed E-state index contributed by atoms with van der Waals surface area (Å²) in [4.78, 5) is 63.5. The fourth-order valence-corrected chi connectivity index (χ4v) is 8.25. The number of carbonyl (C=O) groups is 4. The predicted molar refractivity (Wildman–Crippen MR) is 179 cm³/mol. The highest BCUT2D eigenvalue weighted by atomic mass is 32.1. The zero-order chi connectivity index (χ0) is 33.4. The minimum Gasteiger partial charge on any atom is -0.495 e. The van der Waals surface area contributed by atoms with E-state index >= 15 is 0 Å². The smallest absolute Gasteiger partial charge is 0.264 e. The Labute approximate surface area is 282 Å². The van der Waals surface area contributed by atoms with Gasteiger partial charge in [0, 0.05) is 78.3 Å². The van der Waals surface area contributed by atoms with Crippen molar-refractivity contribution in [2.75, 3.05) is 66.8 Å². The van der Waals surface area contributed by atoms with Crippen molar-refractivity contribution >= 4 is 66.9 Å². The maximum atomic E-state index is 12.8. The van der Waals surface area contributed by atoms with Gasteiger partial charge < -0.3 is 28.7 Å². The number of benzene rings is 1. The van der Waals surface area contributed by atoms with Crippen molar-refractivity contribution in [2.24, 2.45) is 0 Å². The summed E-state index contributed by atoms with van der Waals surface area (Å²) in [6.07, 6.45) is 6.38. The van der Waals surface area contributed by atoms with E-state index in [-0.39, 0.29) is 23.4 Å². The lowest BCUT2D eigenvalue weighted by Gasteiger charge is -2.26. The van der Waals surface area contributed by atoms with Gasteiger partial charge in [-0.2, -0.15) is 0 Å². The van der Waals surface area contributed by atoms with Gasteiger partial charge in [0.1, 0.15) is 11.5 Å². The summed E-state index contributed by atoms with van der Waals surface area (Å²) in [7, 11) is 3.28. The summed E-state index contributed by atoms with van der Waals surface area (Å²) in [5.74, 6) is 0.865. The van der Waals surface area contributed by atoms with Gasteiger partial charge in [0.15, 0.2) is 5.78 Å². The van der Waals surface area contributed by atoms with Crippen LogP contribution in [0, 0.1) is 0 Å². The van der Waals surface area contributed by atoms with Crippen molar-refractivity contribution in [3.8, 4) is 11.5 Å². The van der Waals surface area contributed by atoms with Gasteiger partial charge in [-0.1, -0.05) is 0 Å². The molecule has 246 valence electrons. The third-order valence-corrected chi connectivity index (χ3v) is 10.7. The molecule has 4 aromatic heterocycles. The Morgan fingerprint density at radius 2 is 1.29 bits per heavy atom. The van der Waals surface area contributed by atoms with Crippen LogP contribution in [0.4, 0.5) is 0 Å². The normalized spacial score (nSPS) is 15.9. The van der Waals surface area contributed by atoms with Crippen molar-refractivity contribution in [2.45, 2.75) is 0 Å². The van der Waals surface area contributed by atoms with Crippen LogP contribution in [0.5, 0.6) is 11.5 Å². The molecule has 6 heterocycles. The number of aromatic nitrogens is 2. The Kier molecular flexibility index (Phi) is 8.88. The van der Waals surface area contributed by atoms with Crippen LogP contribution in [-0.2, 0) is 9.47 Å². The van der Waals surface area contributed by atoms with E-state index in [4.69, 9.17) is 18.9 Å². The number of morpholine rings is 2. The number of hydrogen-bond acceptors (Lipinski definition) is 12. The van der Waals surface area contributed by atoms with Crippen molar-refractivity contribution in [3.63, 3.8) is 0 Å². The molecule has 14 heteroatoms. The lowest BCUT2D eigenvalue weighted by atomic mass is 9.90. The number of ketones is 2. The summed E-state index contributed by atoms with van der Waals surface area (Å²) in [5.41, 5.74) is 0.954. The second-order valence-corrected chi connectivity index (χ2v) is 13.2. The third-order valence-electron chi connectivity index (χ3n) is 8.41. The number of amides is 2. The summed E-state index contributed by atoms with van der Waals surface area (Å²) < 4.78 is 22.8. The largest absolute Gasteiger partial charge is 0.495 e. The number of nitrogens with zero attached hydrogens (tertiary/aromatic N) is 4. The van der Waals surface area contributed by atoms with Gasteiger partial charge in [-0.05, 0) is 24.3 Å². The number of ether oxygens (including phenoxy) is 4. The van der Waals surface area contributed by atoms with E-state index in [2.05, 4.69) is 9.97 Å². The molecule has 2 aliphatic heterocycles. The average Bonchev–Trinajstić information content (AvgIpc) is 3.79. The Hall–Kier alpha value is -4.76. The van der Waals surface area contributed by atoms with Gasteiger partial charge in [0.25, 0.3) is 11.8 Å². The molecule has 12 nitrogen and oxygen atoms in total. The van der Waals surface area contributed by atoms with Crippen molar-refractivity contribution in [3.05, 3.63) is 80.4 Å². The number of thiophene rings is 2. The molecule has 2 saturated heterocycles. The molecule has 1 aromatic carbocycles. The first-order valence-corrected chi connectivity index (χ1v) is 16.9. The number of fused-ring (bicyclic) bond motifs is 4. The first-order chi connectivity index (χ1) is 23.4. The quantitative estimate of drug-likeness (QED) is 0.264. The van der Waals surface area contributed by atoms with E-state index in [0.717, 1.165) is 43.7 Å². The van der Waals surface area contributed by atoms with Gasteiger partial charge in [-0.15, -0.1) is 22.7 Å².